The van der Waals surface area contributed by atoms with E-state index in [2.05, 4.69) is 111 Å². The number of aldehydes is 2. The van der Waals surface area contributed by atoms with Crippen LogP contribution in [0.15, 0.2) is 0 Å². The van der Waals surface area contributed by atoms with Crippen molar-refractivity contribution in [1.29, 1.82) is 0 Å². The molecule has 114 heavy (non-hydrogen) atoms. The standard InChI is InChI=1S/C16H27O2.C16H25O2.2C10H18O.C8H13O.2C8H18O.C6H14.C5H12O.2C3H6O.C2H6O.6W/c2*1-3-12-7-5-9-14(16(12)18)10-13-8-4-6-11(2)15(13)17;2*1-3-8-6-5-7-9(4-2)10(8)11;1-6-4-3-5-7(2)8(6)9;2*1-4-7(3)6-8(9)5-2;1-4-6(3)5-2;1-3-5(6)4-2;2*1-2-3-4;1-2-3;;;;;;/h11-15,17H,2-10H2,1H3;11-14H,2-10H2,1H3;2*8-9H,3-7H2,1-2H3;6-7H,1,3-5H2,2H3;2*7-9H,4-6H2,1-3H3;6H,4-5H2,1-3H3;5-6H,3-4H2,1-2H3;2*3H,2H2,1H3;3H,2H2,1H3;;;;;;/q2*-1;;;-1;;;;;;;;;;;;;. The van der Waals surface area contributed by atoms with Gasteiger partial charge in [-0.3, -0.25) is 19.2 Å². The van der Waals surface area contributed by atoms with E-state index < -0.39 is 0 Å². The molecular weight excluding hydrogens is 2450 g/mol. The van der Waals surface area contributed by atoms with Crippen LogP contribution in [-0.4, -0.2) is 104 Å². The van der Waals surface area contributed by atoms with Crippen LogP contribution in [-0.2, 0) is 165 Å². The molecule has 7 aliphatic rings. The average Bonchev–Trinajstić information content (AvgIpc) is 0.835. The molecule has 0 spiro atoms. The van der Waals surface area contributed by atoms with Crippen molar-refractivity contribution in [3.05, 3.63) is 20.8 Å². The van der Waals surface area contributed by atoms with Crippen LogP contribution in [0.3, 0.4) is 0 Å². The Balaban J connectivity index is -0.000000116. The van der Waals surface area contributed by atoms with Crippen LogP contribution in [0.5, 0.6) is 0 Å². The van der Waals surface area contributed by atoms with Crippen molar-refractivity contribution < 1.29 is 190 Å². The number of hydrogen-bond donors (Lipinski definition) is 5. The van der Waals surface area contributed by atoms with E-state index in [9.17, 15) is 43.5 Å². The normalized spacial score (nSPS) is 26.1. The van der Waals surface area contributed by atoms with Gasteiger partial charge in [-0.05, 0) is 191 Å². The molecule has 0 amide bonds. The van der Waals surface area contributed by atoms with Crippen molar-refractivity contribution in [1.82, 2.24) is 0 Å². The molecule has 5 N–H and O–H groups in total. The second kappa shape index (κ2) is 92.0. The van der Waals surface area contributed by atoms with Gasteiger partial charge < -0.3 is 65.5 Å². The Bertz CT molecular complexity index is 2050. The molecule has 7 rings (SSSR count). The topological polar surface area (TPSA) is 238 Å². The summed E-state index contributed by atoms with van der Waals surface area (Å²) in [6.07, 6.45) is 44.1. The maximum absolute atomic E-state index is 12.3. The zero-order valence-corrected chi connectivity index (χ0v) is 94.7. The van der Waals surface area contributed by atoms with Gasteiger partial charge in [-0.25, -0.2) is 0 Å². The van der Waals surface area contributed by atoms with Crippen LogP contribution in [0.4, 0.5) is 0 Å². The van der Waals surface area contributed by atoms with Crippen LogP contribution in [0, 0.1) is 121 Å². The zero-order valence-electron chi connectivity index (χ0n) is 77.1. The van der Waals surface area contributed by atoms with Crippen LogP contribution in [0.1, 0.15) is 409 Å². The summed E-state index contributed by atoms with van der Waals surface area (Å²) in [6.45, 7) is 55.4. The molecule has 7 fully saturated rings. The molecular formula is C95H181O13W6-3. The van der Waals surface area contributed by atoms with E-state index in [1.54, 1.807) is 6.92 Å². The fourth-order valence-corrected chi connectivity index (χ4v) is 15.1. The molecule has 7 saturated carbocycles. The van der Waals surface area contributed by atoms with Crippen LogP contribution < -0.4 is 0 Å². The van der Waals surface area contributed by atoms with E-state index in [1.807, 2.05) is 48.5 Å². The molecule has 0 bridgehead atoms. The largest absolute Gasteiger partial charge is 0.397 e. The van der Waals surface area contributed by atoms with E-state index in [0.29, 0.717) is 94.9 Å². The van der Waals surface area contributed by atoms with Gasteiger partial charge in [0.25, 0.3) is 0 Å². The molecule has 19 heteroatoms. The third-order valence-electron chi connectivity index (χ3n) is 24.2. The number of carbonyl (C=O) groups is 8. The fraction of sp³-hybridized carbons (Fsp3) is 0.884. The van der Waals surface area contributed by atoms with E-state index in [-0.39, 0.29) is 205 Å². The summed E-state index contributed by atoms with van der Waals surface area (Å²) < 4.78 is 0. The quantitative estimate of drug-likeness (QED) is 0.0447. The summed E-state index contributed by atoms with van der Waals surface area (Å²) in [5, 5.41) is 44.8. The molecule has 0 aliphatic heterocycles. The fourth-order valence-electron chi connectivity index (χ4n) is 15.1. The number of rotatable bonds is 24. The van der Waals surface area contributed by atoms with Crippen molar-refractivity contribution in [3.63, 3.8) is 0 Å². The maximum atomic E-state index is 12.3. The van der Waals surface area contributed by atoms with Crippen molar-refractivity contribution in [3.8, 4) is 0 Å². The molecule has 0 aromatic heterocycles. The Morgan fingerprint density at radius 1 is 0.333 bits per heavy atom. The molecule has 0 aromatic rings. The summed E-state index contributed by atoms with van der Waals surface area (Å²) in [5.41, 5.74) is 0. The molecule has 7 aliphatic carbocycles. The third-order valence-corrected chi connectivity index (χ3v) is 24.2. The van der Waals surface area contributed by atoms with E-state index in [1.165, 1.54) is 51.4 Å². The van der Waals surface area contributed by atoms with Gasteiger partial charge in [-0.15, -0.1) is 17.8 Å². The number of Topliss-reactive ketones (excluding diaryl/α,β-unsaturated/α-hetero) is 6. The van der Waals surface area contributed by atoms with Crippen LogP contribution >= 0.6 is 0 Å². The van der Waals surface area contributed by atoms with Crippen molar-refractivity contribution >= 4 is 47.3 Å². The van der Waals surface area contributed by atoms with Crippen molar-refractivity contribution in [2.75, 3.05) is 6.61 Å². The SMILES string of the molecule is CCC(C)CC.CCC(C)CC(O)CC.CCC(C)CC(O)CC.CCC(O)CC.CCC1CCCC(CC)C1=O.CCC1CCCC(CC)C1=O.CCC=O.CCC=O.CCO.[CH2-]C1CCCC(C)C1=O.[CH2-]C1CCCC(CC2CCCC(CC)C2=O)C1=O.[CH2-]C1CCCC(CC2CCCC(CC)C2=O)C1O.[W].[W].[W].[W].[W].[W]. The molecule has 678 valence electrons. The van der Waals surface area contributed by atoms with Crippen molar-refractivity contribution in [2.24, 2.45) is 101 Å². The van der Waals surface area contributed by atoms with E-state index in [0.717, 1.165) is 218 Å². The first kappa shape index (κ1) is 138. The Morgan fingerprint density at radius 2 is 0.570 bits per heavy atom. The van der Waals surface area contributed by atoms with Gasteiger partial charge in [0, 0.05) is 211 Å². The first-order chi connectivity index (χ1) is 51.3. The van der Waals surface area contributed by atoms with E-state index >= 15 is 0 Å². The van der Waals surface area contributed by atoms with Crippen LogP contribution in [0.25, 0.3) is 0 Å². The van der Waals surface area contributed by atoms with E-state index in [4.69, 9.17) is 20.4 Å². The molecule has 0 saturated heterocycles. The Hall–Kier alpha value is 1.29. The second-order valence-corrected chi connectivity index (χ2v) is 32.9. The molecule has 0 radical (unpaired) electrons. The van der Waals surface area contributed by atoms with Gasteiger partial charge in [0.1, 0.15) is 47.3 Å². The molecule has 13 nitrogen and oxygen atoms in total. The summed E-state index contributed by atoms with van der Waals surface area (Å²) in [7, 11) is 0. The second-order valence-electron chi connectivity index (χ2n) is 32.9. The predicted octanol–water partition coefficient (Wildman–Crippen LogP) is 23.6. The monoisotopic (exact) mass is 2630 g/mol. The van der Waals surface area contributed by atoms with Gasteiger partial charge >= 0.3 is 0 Å². The molecule has 19 unspecified atom stereocenters. The predicted molar refractivity (Wildman–Crippen MR) is 457 cm³/mol. The van der Waals surface area contributed by atoms with Gasteiger partial charge in [0.05, 0.1) is 18.3 Å². The minimum atomic E-state index is -0.284. The Labute approximate surface area is 791 Å². The Morgan fingerprint density at radius 3 is 0.807 bits per heavy atom. The van der Waals surface area contributed by atoms with Gasteiger partial charge in [-0.1, -0.05) is 228 Å². The number of aliphatic hydroxyl groups excluding tert-OH is 5. The average molecular weight is 2630 g/mol. The van der Waals surface area contributed by atoms with Gasteiger partial charge in [0.15, 0.2) is 0 Å². The number of hydrogen-bond acceptors (Lipinski definition) is 13. The summed E-state index contributed by atoms with van der Waals surface area (Å²) in [6, 6.07) is 0. The molecule has 0 aromatic carbocycles. The van der Waals surface area contributed by atoms with Crippen LogP contribution in [0.2, 0.25) is 0 Å². The summed E-state index contributed by atoms with van der Waals surface area (Å²) >= 11 is 0. The Kier molecular flexibility index (Phi) is 112. The minimum Gasteiger partial charge on any atom is -0.397 e. The summed E-state index contributed by atoms with van der Waals surface area (Å²) in [4.78, 5) is 89.3. The smallest absolute Gasteiger partial charge is 0.139 e. The number of ketones is 6. The first-order valence-corrected chi connectivity index (χ1v) is 45.2. The number of aliphatic hydroxyl groups is 5. The molecule has 19 atom stereocenters. The van der Waals surface area contributed by atoms with Crippen molar-refractivity contribution in [2.45, 2.75) is 433 Å². The molecule has 0 heterocycles. The first-order valence-electron chi connectivity index (χ1n) is 45.2. The minimum absolute atomic E-state index is 0. The van der Waals surface area contributed by atoms with Gasteiger partial charge in [-0.2, -0.15) is 0 Å². The third kappa shape index (κ3) is 67.7. The maximum Gasteiger partial charge on any atom is 0.139 e. The zero-order chi connectivity index (χ0) is 83.7. The summed E-state index contributed by atoms with van der Waals surface area (Å²) in [5.74, 6) is 8.42. The number of carbonyl (C=O) groups excluding carboxylic acids is 8. The van der Waals surface area contributed by atoms with Gasteiger partial charge in [0.2, 0.25) is 0 Å².